The van der Waals surface area contributed by atoms with E-state index in [4.69, 9.17) is 4.42 Å². The van der Waals surface area contributed by atoms with Crippen molar-refractivity contribution in [1.29, 1.82) is 0 Å². The van der Waals surface area contributed by atoms with Crippen molar-refractivity contribution >= 4 is 23.3 Å². The first-order valence-electron chi connectivity index (χ1n) is 4.56. The van der Waals surface area contributed by atoms with Crippen LogP contribution >= 0.6 is 0 Å². The zero-order chi connectivity index (χ0) is 9.54. The van der Waals surface area contributed by atoms with Gasteiger partial charge in [0.1, 0.15) is 11.3 Å². The molecule has 2 aromatic rings. The molecule has 68 valence electrons. The molecule has 0 spiro atoms. The summed E-state index contributed by atoms with van der Waals surface area (Å²) in [6.45, 7) is 0. The van der Waals surface area contributed by atoms with E-state index in [0.717, 1.165) is 40.6 Å². The Morgan fingerprint density at radius 1 is 1.36 bits per heavy atom. The van der Waals surface area contributed by atoms with Crippen molar-refractivity contribution in [1.82, 2.24) is 0 Å². The Labute approximate surface area is 80.8 Å². The zero-order valence-electron chi connectivity index (χ0n) is 7.49. The third-order valence-corrected chi connectivity index (χ3v) is 2.60. The molecule has 0 fully saturated rings. The number of allylic oxidation sites excluding steroid dienone is 1. The Bertz CT molecular complexity index is 547. The molecule has 14 heavy (non-hydrogen) atoms. The molecule has 2 heteroatoms. The molecule has 0 amide bonds. The number of furan rings is 1. The number of benzene rings is 1. The van der Waals surface area contributed by atoms with Gasteiger partial charge in [-0.1, -0.05) is 18.2 Å². The monoisotopic (exact) mass is 184 g/mol. The summed E-state index contributed by atoms with van der Waals surface area (Å²) in [6.07, 6.45) is 5.77. The number of hydrogen-bond acceptors (Lipinski definition) is 2. The quantitative estimate of drug-likeness (QED) is 0.638. The Morgan fingerprint density at radius 3 is 3.14 bits per heavy atom. The number of fused-ring (bicyclic) bond motifs is 3. The van der Waals surface area contributed by atoms with Crippen LogP contribution in [0.4, 0.5) is 0 Å². The van der Waals surface area contributed by atoms with Crippen LogP contribution in [0.1, 0.15) is 21.7 Å². The summed E-state index contributed by atoms with van der Waals surface area (Å²) in [7, 11) is 0. The van der Waals surface area contributed by atoms with Crippen LogP contribution in [-0.2, 0) is 6.42 Å². The van der Waals surface area contributed by atoms with Gasteiger partial charge in [0.15, 0.2) is 6.29 Å². The van der Waals surface area contributed by atoms with E-state index in [2.05, 4.69) is 6.08 Å². The van der Waals surface area contributed by atoms with Crippen molar-refractivity contribution in [2.24, 2.45) is 0 Å². The molecule has 0 aliphatic heterocycles. The molecule has 0 bridgehead atoms. The average molecular weight is 184 g/mol. The largest absolute Gasteiger partial charge is 0.456 e. The molecule has 1 aliphatic carbocycles. The Morgan fingerprint density at radius 2 is 2.29 bits per heavy atom. The fourth-order valence-electron chi connectivity index (χ4n) is 1.98. The van der Waals surface area contributed by atoms with Crippen molar-refractivity contribution in [2.75, 3.05) is 0 Å². The summed E-state index contributed by atoms with van der Waals surface area (Å²) in [5.41, 5.74) is 2.67. The van der Waals surface area contributed by atoms with Gasteiger partial charge in [-0.15, -0.1) is 0 Å². The summed E-state index contributed by atoms with van der Waals surface area (Å²) in [4.78, 5) is 10.9. The van der Waals surface area contributed by atoms with Crippen molar-refractivity contribution in [3.05, 3.63) is 41.2 Å². The lowest BCUT2D eigenvalue weighted by Gasteiger charge is -1.94. The molecule has 0 radical (unpaired) electrons. The fourth-order valence-corrected chi connectivity index (χ4v) is 1.98. The van der Waals surface area contributed by atoms with E-state index in [1.54, 1.807) is 0 Å². The van der Waals surface area contributed by atoms with E-state index < -0.39 is 0 Å². The van der Waals surface area contributed by atoms with E-state index in [9.17, 15) is 4.79 Å². The predicted octanol–water partition coefficient (Wildman–Crippen LogP) is 2.81. The summed E-state index contributed by atoms with van der Waals surface area (Å²) in [6, 6.07) is 5.56. The highest BCUT2D eigenvalue weighted by Gasteiger charge is 2.17. The topological polar surface area (TPSA) is 30.2 Å². The van der Waals surface area contributed by atoms with Crippen LogP contribution in [0.25, 0.3) is 17.0 Å². The average Bonchev–Trinajstić information content (AvgIpc) is 2.75. The van der Waals surface area contributed by atoms with Crippen LogP contribution in [0, 0.1) is 0 Å². The van der Waals surface area contributed by atoms with Gasteiger partial charge in [0.05, 0.1) is 0 Å². The minimum atomic E-state index is 0.719. The molecule has 0 unspecified atom stereocenters. The van der Waals surface area contributed by atoms with Gasteiger partial charge in [-0.3, -0.25) is 4.79 Å². The van der Waals surface area contributed by atoms with Gasteiger partial charge in [0.25, 0.3) is 0 Å². The van der Waals surface area contributed by atoms with Crippen molar-refractivity contribution < 1.29 is 9.21 Å². The summed E-state index contributed by atoms with van der Waals surface area (Å²) >= 11 is 0. The van der Waals surface area contributed by atoms with Crippen LogP contribution in [0.5, 0.6) is 0 Å². The summed E-state index contributed by atoms with van der Waals surface area (Å²) in [5.74, 6) is 0.898. The molecule has 1 aromatic carbocycles. The van der Waals surface area contributed by atoms with Gasteiger partial charge in [0.2, 0.25) is 0 Å². The van der Waals surface area contributed by atoms with E-state index in [-0.39, 0.29) is 0 Å². The molecule has 2 nitrogen and oxygen atoms in total. The highest BCUT2D eigenvalue weighted by molar-refractivity contribution is 6.00. The Kier molecular flexibility index (Phi) is 1.39. The van der Waals surface area contributed by atoms with Crippen molar-refractivity contribution in [3.63, 3.8) is 0 Å². The normalized spacial score (nSPS) is 13.4. The molecule has 0 saturated heterocycles. The highest BCUT2D eigenvalue weighted by atomic mass is 16.3. The second-order valence-corrected chi connectivity index (χ2v) is 3.39. The number of aldehydes is 1. The van der Waals surface area contributed by atoms with E-state index in [0.29, 0.717) is 0 Å². The van der Waals surface area contributed by atoms with Gasteiger partial charge in [-0.05, 0) is 18.6 Å². The van der Waals surface area contributed by atoms with E-state index in [1.165, 1.54) is 0 Å². The van der Waals surface area contributed by atoms with E-state index >= 15 is 0 Å². The third-order valence-electron chi connectivity index (χ3n) is 2.60. The molecule has 1 aliphatic rings. The molecular formula is C12H8O2. The predicted molar refractivity (Wildman–Crippen MR) is 54.3 cm³/mol. The van der Waals surface area contributed by atoms with E-state index in [1.807, 2.05) is 24.3 Å². The van der Waals surface area contributed by atoms with Gasteiger partial charge in [-0.2, -0.15) is 0 Å². The van der Waals surface area contributed by atoms with Crippen LogP contribution in [0.15, 0.2) is 28.7 Å². The highest BCUT2D eigenvalue weighted by Crippen LogP contribution is 2.32. The molecular weight excluding hydrogens is 176 g/mol. The van der Waals surface area contributed by atoms with Crippen LogP contribution in [0.3, 0.4) is 0 Å². The lowest BCUT2D eigenvalue weighted by Crippen LogP contribution is -1.83. The Hall–Kier alpha value is -1.83. The van der Waals surface area contributed by atoms with Gasteiger partial charge in [-0.25, -0.2) is 0 Å². The number of carbonyl (C=O) groups excluding carboxylic acids is 1. The van der Waals surface area contributed by atoms with Crippen LogP contribution < -0.4 is 0 Å². The first kappa shape index (κ1) is 7.56. The maximum absolute atomic E-state index is 10.9. The first-order valence-corrected chi connectivity index (χ1v) is 4.56. The molecule has 1 aromatic heterocycles. The molecule has 0 atom stereocenters. The smallest absolute Gasteiger partial charge is 0.150 e. The van der Waals surface area contributed by atoms with Gasteiger partial charge in [0, 0.05) is 16.5 Å². The zero-order valence-corrected chi connectivity index (χ0v) is 7.49. The van der Waals surface area contributed by atoms with Crippen molar-refractivity contribution in [3.8, 4) is 0 Å². The second-order valence-electron chi connectivity index (χ2n) is 3.39. The lowest BCUT2D eigenvalue weighted by molar-refractivity contribution is 0.112. The maximum atomic E-state index is 10.9. The van der Waals surface area contributed by atoms with Crippen LogP contribution in [-0.4, -0.2) is 6.29 Å². The number of rotatable bonds is 1. The molecule has 0 N–H and O–H groups in total. The fraction of sp³-hybridized carbons (Fsp3) is 0.0833. The van der Waals surface area contributed by atoms with Crippen molar-refractivity contribution in [2.45, 2.75) is 6.42 Å². The number of carbonyl (C=O) groups is 1. The summed E-state index contributed by atoms with van der Waals surface area (Å²) < 4.78 is 5.61. The lowest BCUT2D eigenvalue weighted by atomic mass is 10.1. The standard InChI is InChI=1S/C12H8O2/c13-7-8-3-1-6-11-12(8)9-4-2-5-10(9)14-11/h1-3,5-7H,4H2. The summed E-state index contributed by atoms with van der Waals surface area (Å²) in [5, 5.41) is 0.975. The number of hydrogen-bond donors (Lipinski definition) is 0. The molecule has 3 rings (SSSR count). The Balaban J connectivity index is 2.48. The SMILES string of the molecule is O=Cc1cccc2oc3c(c12)CC=C3. The maximum Gasteiger partial charge on any atom is 0.150 e. The van der Waals surface area contributed by atoms with Crippen LogP contribution in [0.2, 0.25) is 0 Å². The second kappa shape index (κ2) is 2.58. The van der Waals surface area contributed by atoms with Gasteiger partial charge >= 0.3 is 0 Å². The first-order chi connectivity index (χ1) is 6.90. The van der Waals surface area contributed by atoms with Gasteiger partial charge < -0.3 is 4.42 Å². The third kappa shape index (κ3) is 0.826. The minimum absolute atomic E-state index is 0.719. The molecule has 1 heterocycles. The molecule has 0 saturated carbocycles. The minimum Gasteiger partial charge on any atom is -0.456 e.